The average molecular weight is 295 g/mol. The van der Waals surface area contributed by atoms with Crippen LogP contribution >= 0.6 is 0 Å². The Morgan fingerprint density at radius 1 is 1.38 bits per heavy atom. The molecule has 0 radical (unpaired) electrons. The van der Waals surface area contributed by atoms with E-state index >= 15 is 0 Å². The van der Waals surface area contributed by atoms with E-state index in [1.807, 2.05) is 6.92 Å². The number of methoxy groups -OCH3 is 2. The largest absolute Gasteiger partial charge is 0.493 e. The monoisotopic (exact) mass is 295 g/mol. The van der Waals surface area contributed by atoms with Gasteiger partial charge >= 0.3 is 0 Å². The third-order valence-corrected chi connectivity index (χ3v) is 3.03. The van der Waals surface area contributed by atoms with Gasteiger partial charge in [-0.05, 0) is 24.1 Å². The maximum Gasteiger partial charge on any atom is 0.225 e. The fraction of sp³-hybridized carbons (Fsp3) is 0.429. The first-order valence-electron chi connectivity index (χ1n) is 6.53. The molecule has 7 nitrogen and oxygen atoms in total. The summed E-state index contributed by atoms with van der Waals surface area (Å²) in [5.74, 6) is 0.926. The number of hydrogen-bond donors (Lipinski definition) is 3. The van der Waals surface area contributed by atoms with Crippen molar-refractivity contribution in [1.29, 1.82) is 0 Å². The van der Waals surface area contributed by atoms with Gasteiger partial charge in [0.1, 0.15) is 0 Å². The van der Waals surface area contributed by atoms with Crippen LogP contribution in [-0.4, -0.2) is 37.2 Å². The number of benzene rings is 1. The van der Waals surface area contributed by atoms with Crippen LogP contribution in [0.2, 0.25) is 0 Å². The molecule has 1 atom stereocenters. The fourth-order valence-electron chi connectivity index (χ4n) is 1.88. The van der Waals surface area contributed by atoms with E-state index in [9.17, 15) is 4.79 Å². The quantitative estimate of drug-likeness (QED) is 0.300. The number of oxime groups is 1. The second-order valence-corrected chi connectivity index (χ2v) is 4.42. The third kappa shape index (κ3) is 4.55. The molecule has 1 rings (SSSR count). The number of nitrogens with two attached hydrogens (primary N) is 1. The molecule has 1 aromatic carbocycles. The molecular weight excluding hydrogens is 274 g/mol. The molecule has 0 bridgehead atoms. The molecule has 7 heteroatoms. The van der Waals surface area contributed by atoms with E-state index in [1.165, 1.54) is 7.11 Å². The average Bonchev–Trinajstić information content (AvgIpc) is 2.51. The van der Waals surface area contributed by atoms with Crippen LogP contribution in [0.15, 0.2) is 23.4 Å². The van der Waals surface area contributed by atoms with Crippen molar-refractivity contribution >= 4 is 11.7 Å². The zero-order valence-electron chi connectivity index (χ0n) is 12.4. The second kappa shape index (κ2) is 7.98. The smallest absolute Gasteiger partial charge is 0.225 e. The maximum absolute atomic E-state index is 12.0. The first kappa shape index (κ1) is 16.6. The van der Waals surface area contributed by atoms with Gasteiger partial charge in [-0.3, -0.25) is 4.79 Å². The Balaban J connectivity index is 2.75. The molecule has 116 valence electrons. The van der Waals surface area contributed by atoms with Crippen molar-refractivity contribution in [2.75, 3.05) is 14.2 Å². The first-order valence-corrected chi connectivity index (χ1v) is 6.53. The number of rotatable bonds is 7. The minimum absolute atomic E-state index is 0.0156. The van der Waals surface area contributed by atoms with E-state index in [-0.39, 0.29) is 18.2 Å². The van der Waals surface area contributed by atoms with Crippen LogP contribution in [0.4, 0.5) is 0 Å². The highest BCUT2D eigenvalue weighted by atomic mass is 16.5. The van der Waals surface area contributed by atoms with Gasteiger partial charge in [-0.1, -0.05) is 18.1 Å². The van der Waals surface area contributed by atoms with Crippen molar-refractivity contribution in [3.05, 3.63) is 23.8 Å². The van der Waals surface area contributed by atoms with Crippen molar-refractivity contribution in [1.82, 2.24) is 5.32 Å². The van der Waals surface area contributed by atoms with Crippen molar-refractivity contribution < 1.29 is 19.5 Å². The van der Waals surface area contributed by atoms with Crippen LogP contribution in [0.3, 0.4) is 0 Å². The van der Waals surface area contributed by atoms with Gasteiger partial charge in [-0.25, -0.2) is 0 Å². The molecule has 0 heterocycles. The molecule has 0 fully saturated rings. The van der Waals surface area contributed by atoms with Crippen molar-refractivity contribution in [2.45, 2.75) is 25.8 Å². The highest BCUT2D eigenvalue weighted by Crippen LogP contribution is 2.27. The van der Waals surface area contributed by atoms with Gasteiger partial charge in [-0.2, -0.15) is 0 Å². The van der Waals surface area contributed by atoms with Crippen LogP contribution in [0.25, 0.3) is 0 Å². The lowest BCUT2D eigenvalue weighted by Gasteiger charge is -2.15. The molecule has 0 spiro atoms. The van der Waals surface area contributed by atoms with Gasteiger partial charge in [0.05, 0.1) is 26.7 Å². The molecule has 0 aliphatic carbocycles. The molecule has 0 saturated heterocycles. The van der Waals surface area contributed by atoms with Gasteiger partial charge < -0.3 is 25.7 Å². The second-order valence-electron chi connectivity index (χ2n) is 4.42. The number of amides is 1. The van der Waals surface area contributed by atoms with Gasteiger partial charge in [0, 0.05) is 0 Å². The Bertz CT molecular complexity index is 517. The van der Waals surface area contributed by atoms with E-state index in [0.717, 1.165) is 5.56 Å². The predicted octanol–water partition coefficient (Wildman–Crippen LogP) is 0.887. The van der Waals surface area contributed by atoms with Gasteiger partial charge in [0.15, 0.2) is 17.3 Å². The molecule has 0 aromatic heterocycles. The molecule has 4 N–H and O–H groups in total. The topological polar surface area (TPSA) is 106 Å². The fourth-order valence-corrected chi connectivity index (χ4v) is 1.88. The third-order valence-electron chi connectivity index (χ3n) is 3.03. The molecule has 21 heavy (non-hydrogen) atoms. The van der Waals surface area contributed by atoms with E-state index < -0.39 is 6.04 Å². The minimum Gasteiger partial charge on any atom is -0.493 e. The summed E-state index contributed by atoms with van der Waals surface area (Å²) in [5, 5.41) is 14.3. The lowest BCUT2D eigenvalue weighted by atomic mass is 10.1. The summed E-state index contributed by atoms with van der Waals surface area (Å²) in [6.07, 6.45) is 0.698. The predicted molar refractivity (Wildman–Crippen MR) is 78.9 cm³/mol. The van der Waals surface area contributed by atoms with Crippen LogP contribution in [0.1, 0.15) is 18.9 Å². The van der Waals surface area contributed by atoms with Crippen LogP contribution in [0.5, 0.6) is 11.5 Å². The van der Waals surface area contributed by atoms with E-state index in [1.54, 1.807) is 25.3 Å². The zero-order valence-corrected chi connectivity index (χ0v) is 12.4. The Hall–Kier alpha value is -2.44. The number of amidine groups is 1. The van der Waals surface area contributed by atoms with E-state index in [4.69, 9.17) is 20.4 Å². The normalized spacial score (nSPS) is 12.6. The maximum atomic E-state index is 12.0. The summed E-state index contributed by atoms with van der Waals surface area (Å²) in [6, 6.07) is 4.78. The number of nitrogens with one attached hydrogen (secondary N) is 1. The van der Waals surface area contributed by atoms with E-state index in [2.05, 4.69) is 10.5 Å². The summed E-state index contributed by atoms with van der Waals surface area (Å²) in [4.78, 5) is 12.0. The van der Waals surface area contributed by atoms with Crippen LogP contribution in [0, 0.1) is 0 Å². The Labute approximate surface area is 123 Å². The van der Waals surface area contributed by atoms with Gasteiger partial charge in [0.2, 0.25) is 5.91 Å². The number of hydrogen-bond acceptors (Lipinski definition) is 5. The molecule has 1 aromatic rings. The number of carbonyl (C=O) groups is 1. The molecular formula is C14H21N3O4. The van der Waals surface area contributed by atoms with Crippen molar-refractivity contribution in [3.8, 4) is 11.5 Å². The summed E-state index contributed by atoms with van der Waals surface area (Å²) in [5.41, 5.74) is 6.28. The Morgan fingerprint density at radius 2 is 2.05 bits per heavy atom. The SMILES string of the molecule is CCC(NC(=O)Cc1ccc(OC)c(OC)c1)/C(N)=N/O. The molecule has 1 amide bonds. The molecule has 0 saturated carbocycles. The summed E-state index contributed by atoms with van der Waals surface area (Å²) in [6.45, 7) is 1.83. The van der Waals surface area contributed by atoms with Crippen LogP contribution < -0.4 is 20.5 Å². The standard InChI is InChI=1S/C14H21N3O4/c1-4-10(14(15)17-19)16-13(18)8-9-5-6-11(20-2)12(7-9)21-3/h5-7,10,19H,4,8H2,1-3H3,(H2,15,17)(H,16,18). The van der Waals surface area contributed by atoms with E-state index in [0.29, 0.717) is 17.9 Å². The van der Waals surface area contributed by atoms with Gasteiger partial charge in [0.25, 0.3) is 0 Å². The summed E-state index contributed by atoms with van der Waals surface area (Å²) in [7, 11) is 3.08. The lowest BCUT2D eigenvalue weighted by molar-refractivity contribution is -0.120. The lowest BCUT2D eigenvalue weighted by Crippen LogP contribution is -2.44. The van der Waals surface area contributed by atoms with Crippen molar-refractivity contribution in [2.24, 2.45) is 10.9 Å². The molecule has 0 aliphatic heterocycles. The molecule has 1 unspecified atom stereocenters. The van der Waals surface area contributed by atoms with Gasteiger partial charge in [-0.15, -0.1) is 0 Å². The zero-order chi connectivity index (χ0) is 15.8. The summed E-state index contributed by atoms with van der Waals surface area (Å²) >= 11 is 0. The highest BCUT2D eigenvalue weighted by Gasteiger charge is 2.15. The number of ether oxygens (including phenoxy) is 2. The number of carbonyl (C=O) groups excluding carboxylic acids is 1. The van der Waals surface area contributed by atoms with Crippen LogP contribution in [-0.2, 0) is 11.2 Å². The van der Waals surface area contributed by atoms with Crippen molar-refractivity contribution in [3.63, 3.8) is 0 Å². The number of nitrogens with zero attached hydrogens (tertiary/aromatic N) is 1. The Kier molecular flexibility index (Phi) is 6.32. The molecule has 0 aliphatic rings. The first-order chi connectivity index (χ1) is 10.0. The summed E-state index contributed by atoms with van der Waals surface area (Å²) < 4.78 is 10.3. The Morgan fingerprint density at radius 3 is 2.57 bits per heavy atom. The minimum atomic E-state index is -0.484. The highest BCUT2D eigenvalue weighted by molar-refractivity contribution is 5.90.